The van der Waals surface area contributed by atoms with Crippen molar-refractivity contribution < 1.29 is 32.3 Å². The first-order valence-electron chi connectivity index (χ1n) is 9.04. The van der Waals surface area contributed by atoms with Gasteiger partial charge in [-0.2, -0.15) is 0 Å². The lowest BCUT2D eigenvalue weighted by atomic mass is 10.2. The lowest BCUT2D eigenvalue weighted by Gasteiger charge is -2.13. The van der Waals surface area contributed by atoms with E-state index >= 15 is 0 Å². The number of anilines is 1. The van der Waals surface area contributed by atoms with Crippen LogP contribution in [0.5, 0.6) is 0 Å². The van der Waals surface area contributed by atoms with Gasteiger partial charge in [0, 0.05) is 11.9 Å². The van der Waals surface area contributed by atoms with E-state index in [0.29, 0.717) is 11.7 Å². The molecule has 1 unspecified atom stereocenters. The minimum absolute atomic E-state index is 0.000467. The van der Waals surface area contributed by atoms with E-state index in [9.17, 15) is 27.6 Å². The fraction of sp³-hybridized carbons (Fsp3) is 0.200. The molecule has 8 nitrogen and oxygen atoms in total. The van der Waals surface area contributed by atoms with E-state index < -0.39 is 53.6 Å². The summed E-state index contributed by atoms with van der Waals surface area (Å²) in [7, 11) is 0. The zero-order valence-corrected chi connectivity index (χ0v) is 16.4. The summed E-state index contributed by atoms with van der Waals surface area (Å²) in [6.07, 6.45) is 0.216. The summed E-state index contributed by atoms with van der Waals surface area (Å²) in [5.41, 5.74) is 0.795. The van der Waals surface area contributed by atoms with Crippen LogP contribution in [0.4, 0.5) is 18.9 Å². The monoisotopic (exact) mass is 434 g/mol. The van der Waals surface area contributed by atoms with Gasteiger partial charge >= 0.3 is 5.97 Å². The van der Waals surface area contributed by atoms with Crippen LogP contribution < -0.4 is 10.6 Å². The molecule has 162 valence electrons. The van der Waals surface area contributed by atoms with Crippen molar-refractivity contribution >= 4 is 29.1 Å². The number of fused-ring (bicyclic) bond motifs is 1. The Hall–Kier alpha value is -3.89. The highest BCUT2D eigenvalue weighted by atomic mass is 19.2. The predicted octanol–water partition coefficient (Wildman–Crippen LogP) is 2.36. The van der Waals surface area contributed by atoms with E-state index in [1.807, 2.05) is 18.3 Å². The Bertz CT molecular complexity index is 1180. The van der Waals surface area contributed by atoms with Gasteiger partial charge in [0.25, 0.3) is 5.91 Å². The molecule has 0 saturated heterocycles. The van der Waals surface area contributed by atoms with Crippen molar-refractivity contribution in [2.75, 3.05) is 11.9 Å². The SMILES string of the molecule is Cc1cccc2nc(C(=O)OC(C)C(=O)NCC(=O)Nc3ccc(F)c(F)c3F)cn12. The Balaban J connectivity index is 1.54. The number of benzene rings is 1. The molecule has 31 heavy (non-hydrogen) atoms. The van der Waals surface area contributed by atoms with Crippen LogP contribution in [0.15, 0.2) is 36.5 Å². The van der Waals surface area contributed by atoms with E-state index in [2.05, 4.69) is 10.3 Å². The zero-order valence-electron chi connectivity index (χ0n) is 16.4. The molecule has 3 aromatic rings. The van der Waals surface area contributed by atoms with Gasteiger partial charge in [-0.05, 0) is 38.1 Å². The van der Waals surface area contributed by atoms with Crippen LogP contribution in [0.1, 0.15) is 23.1 Å². The number of amides is 2. The molecule has 0 aliphatic carbocycles. The molecule has 0 spiro atoms. The number of carbonyl (C=O) groups excluding carboxylic acids is 3. The molecule has 2 N–H and O–H groups in total. The van der Waals surface area contributed by atoms with Gasteiger partial charge in [-0.15, -0.1) is 0 Å². The number of halogens is 3. The van der Waals surface area contributed by atoms with Crippen molar-refractivity contribution in [3.05, 3.63) is 65.4 Å². The molecule has 2 amide bonds. The van der Waals surface area contributed by atoms with Gasteiger partial charge in [-0.1, -0.05) is 6.07 Å². The molecular weight excluding hydrogens is 417 g/mol. The molecule has 1 atom stereocenters. The summed E-state index contributed by atoms with van der Waals surface area (Å²) >= 11 is 0. The molecule has 0 aliphatic heterocycles. The standard InChI is InChI=1S/C20H17F3N4O4/c1-10-4-3-5-15-25-14(9-27(10)15)20(30)31-11(2)19(29)24-8-16(28)26-13-7-6-12(21)17(22)18(13)23/h3-7,9,11H,8H2,1-2H3,(H,24,29)(H,26,28). The van der Waals surface area contributed by atoms with Gasteiger partial charge in [-0.3, -0.25) is 9.59 Å². The number of esters is 1. The molecule has 0 bridgehead atoms. The van der Waals surface area contributed by atoms with E-state index in [-0.39, 0.29) is 5.69 Å². The smallest absolute Gasteiger partial charge is 0.359 e. The molecular formula is C20H17F3N4O4. The van der Waals surface area contributed by atoms with Crippen molar-refractivity contribution in [2.45, 2.75) is 20.0 Å². The van der Waals surface area contributed by atoms with E-state index in [0.717, 1.165) is 11.8 Å². The van der Waals surface area contributed by atoms with Crippen LogP contribution in [-0.2, 0) is 14.3 Å². The second kappa shape index (κ2) is 8.86. The number of hydrogen-bond donors (Lipinski definition) is 2. The maximum absolute atomic E-state index is 13.6. The summed E-state index contributed by atoms with van der Waals surface area (Å²) in [6, 6.07) is 6.80. The largest absolute Gasteiger partial charge is 0.448 e. The number of imidazole rings is 1. The highest BCUT2D eigenvalue weighted by molar-refractivity contribution is 5.96. The molecule has 0 fully saturated rings. The van der Waals surface area contributed by atoms with Crippen LogP contribution in [-0.4, -0.2) is 39.8 Å². The predicted molar refractivity (Wildman–Crippen MR) is 103 cm³/mol. The van der Waals surface area contributed by atoms with Crippen LogP contribution >= 0.6 is 0 Å². The number of carbonyl (C=O) groups is 3. The summed E-state index contributed by atoms with van der Waals surface area (Å²) in [6.45, 7) is 2.50. The molecule has 11 heteroatoms. The first kappa shape index (κ1) is 21.8. The molecule has 0 radical (unpaired) electrons. The molecule has 2 heterocycles. The van der Waals surface area contributed by atoms with Gasteiger partial charge in [0.15, 0.2) is 29.2 Å². The fourth-order valence-corrected chi connectivity index (χ4v) is 2.65. The number of nitrogens with zero attached hydrogens (tertiary/aromatic N) is 2. The highest BCUT2D eigenvalue weighted by Crippen LogP contribution is 2.19. The maximum atomic E-state index is 13.6. The third-order valence-corrected chi connectivity index (χ3v) is 4.29. The van der Waals surface area contributed by atoms with Crippen molar-refractivity contribution in [1.82, 2.24) is 14.7 Å². The summed E-state index contributed by atoms with van der Waals surface area (Å²) in [5.74, 6) is -7.23. The lowest BCUT2D eigenvalue weighted by molar-refractivity contribution is -0.130. The topological polar surface area (TPSA) is 102 Å². The van der Waals surface area contributed by atoms with Crippen molar-refractivity contribution in [3.63, 3.8) is 0 Å². The van der Waals surface area contributed by atoms with E-state index in [1.54, 1.807) is 16.5 Å². The van der Waals surface area contributed by atoms with Crippen LogP contribution in [0.3, 0.4) is 0 Å². The average molecular weight is 434 g/mol. The second-order valence-corrected chi connectivity index (χ2v) is 6.56. The number of aromatic nitrogens is 2. The van der Waals surface area contributed by atoms with Gasteiger partial charge < -0.3 is 19.8 Å². The number of aryl methyl sites for hydroxylation is 1. The fourth-order valence-electron chi connectivity index (χ4n) is 2.65. The zero-order chi connectivity index (χ0) is 22.7. The maximum Gasteiger partial charge on any atom is 0.359 e. The molecule has 0 saturated carbocycles. The number of hydrogen-bond acceptors (Lipinski definition) is 5. The van der Waals surface area contributed by atoms with E-state index in [1.165, 1.54) is 13.1 Å². The number of nitrogens with one attached hydrogen (secondary N) is 2. The molecule has 3 rings (SSSR count). The third-order valence-electron chi connectivity index (χ3n) is 4.29. The molecule has 1 aromatic carbocycles. The Morgan fingerprint density at radius 1 is 1.13 bits per heavy atom. The Morgan fingerprint density at radius 3 is 2.58 bits per heavy atom. The second-order valence-electron chi connectivity index (χ2n) is 6.56. The normalized spacial score (nSPS) is 11.8. The first-order chi connectivity index (χ1) is 14.7. The Kier molecular flexibility index (Phi) is 6.23. The van der Waals surface area contributed by atoms with Gasteiger partial charge in [0.1, 0.15) is 5.65 Å². The van der Waals surface area contributed by atoms with Gasteiger partial charge in [-0.25, -0.2) is 22.9 Å². The minimum atomic E-state index is -1.73. The van der Waals surface area contributed by atoms with Gasteiger partial charge in [0.2, 0.25) is 5.91 Å². The summed E-state index contributed by atoms with van der Waals surface area (Å²) < 4.78 is 46.4. The van der Waals surface area contributed by atoms with Crippen LogP contribution in [0, 0.1) is 24.4 Å². The quantitative estimate of drug-likeness (QED) is 0.458. The van der Waals surface area contributed by atoms with Crippen molar-refractivity contribution in [3.8, 4) is 0 Å². The number of rotatable bonds is 6. The van der Waals surface area contributed by atoms with Crippen LogP contribution in [0.25, 0.3) is 5.65 Å². The minimum Gasteiger partial charge on any atom is -0.448 e. The Morgan fingerprint density at radius 2 is 1.87 bits per heavy atom. The Labute approximate surface area is 174 Å². The molecule has 2 aromatic heterocycles. The summed E-state index contributed by atoms with van der Waals surface area (Å²) in [5, 5.41) is 4.20. The van der Waals surface area contributed by atoms with Gasteiger partial charge in [0.05, 0.1) is 12.2 Å². The average Bonchev–Trinajstić information content (AvgIpc) is 3.18. The number of pyridine rings is 1. The lowest BCUT2D eigenvalue weighted by Crippen LogP contribution is -2.40. The summed E-state index contributed by atoms with van der Waals surface area (Å²) in [4.78, 5) is 40.3. The van der Waals surface area contributed by atoms with Crippen molar-refractivity contribution in [2.24, 2.45) is 0 Å². The molecule has 0 aliphatic rings. The number of ether oxygens (including phenoxy) is 1. The van der Waals surface area contributed by atoms with E-state index in [4.69, 9.17) is 4.74 Å². The third kappa shape index (κ3) is 4.82. The highest BCUT2D eigenvalue weighted by Gasteiger charge is 2.22. The van der Waals surface area contributed by atoms with Crippen molar-refractivity contribution in [1.29, 1.82) is 0 Å². The van der Waals surface area contributed by atoms with Crippen LogP contribution in [0.2, 0.25) is 0 Å². The first-order valence-corrected chi connectivity index (χ1v) is 9.04.